The second kappa shape index (κ2) is 5.47. The Labute approximate surface area is 112 Å². The Morgan fingerprint density at radius 2 is 2.16 bits per heavy atom. The number of hydrogen-bond donors (Lipinski definition) is 2. The van der Waals surface area contributed by atoms with E-state index in [1.807, 2.05) is 0 Å². The van der Waals surface area contributed by atoms with Crippen LogP contribution in [-0.4, -0.2) is 23.9 Å². The quantitative estimate of drug-likeness (QED) is 0.879. The molecule has 2 atom stereocenters. The van der Waals surface area contributed by atoms with Crippen molar-refractivity contribution in [1.29, 1.82) is 0 Å². The van der Waals surface area contributed by atoms with Crippen LogP contribution in [0.15, 0.2) is 18.2 Å². The molecule has 1 heterocycles. The molecule has 1 aliphatic carbocycles. The Bertz CT molecular complexity index is 448. The van der Waals surface area contributed by atoms with Crippen LogP contribution in [0, 0.1) is 11.7 Å². The predicted molar refractivity (Wildman–Crippen MR) is 70.4 cm³/mol. The van der Waals surface area contributed by atoms with E-state index in [9.17, 15) is 4.39 Å². The molecule has 3 rings (SSSR count). The highest BCUT2D eigenvalue weighted by molar-refractivity contribution is 5.27. The van der Waals surface area contributed by atoms with E-state index < -0.39 is 5.82 Å². The molecule has 2 aliphatic rings. The van der Waals surface area contributed by atoms with Crippen LogP contribution in [0.2, 0.25) is 0 Å². The molecule has 3 nitrogen and oxygen atoms in total. The monoisotopic (exact) mass is 265 g/mol. The number of halogens is 1. The van der Waals surface area contributed by atoms with Crippen LogP contribution in [0.25, 0.3) is 0 Å². The Hall–Kier alpha value is -1.13. The largest absolute Gasteiger partial charge is 0.505 e. The van der Waals surface area contributed by atoms with Crippen LogP contribution >= 0.6 is 0 Å². The fourth-order valence-corrected chi connectivity index (χ4v) is 2.73. The highest BCUT2D eigenvalue weighted by atomic mass is 19.1. The molecule has 104 valence electrons. The van der Waals surface area contributed by atoms with Gasteiger partial charge in [0.25, 0.3) is 0 Å². The van der Waals surface area contributed by atoms with Crippen molar-refractivity contribution in [2.24, 2.45) is 5.92 Å². The van der Waals surface area contributed by atoms with Crippen molar-refractivity contribution in [3.05, 3.63) is 29.6 Å². The van der Waals surface area contributed by atoms with Crippen molar-refractivity contribution in [3.8, 4) is 5.75 Å². The lowest BCUT2D eigenvalue weighted by atomic mass is 10.00. The number of rotatable bonds is 4. The Morgan fingerprint density at radius 1 is 1.32 bits per heavy atom. The maximum atomic E-state index is 13.2. The zero-order valence-corrected chi connectivity index (χ0v) is 10.9. The summed E-state index contributed by atoms with van der Waals surface area (Å²) >= 11 is 0. The van der Waals surface area contributed by atoms with Gasteiger partial charge in [0, 0.05) is 19.2 Å². The first kappa shape index (κ1) is 12.9. The summed E-state index contributed by atoms with van der Waals surface area (Å²) in [5.74, 6) is -0.0681. The maximum Gasteiger partial charge on any atom is 0.165 e. The van der Waals surface area contributed by atoms with E-state index in [0.29, 0.717) is 18.7 Å². The molecule has 1 saturated heterocycles. The second-order valence-corrected chi connectivity index (χ2v) is 5.63. The molecule has 0 spiro atoms. The van der Waals surface area contributed by atoms with E-state index in [4.69, 9.17) is 9.84 Å². The molecule has 2 fully saturated rings. The van der Waals surface area contributed by atoms with Crippen LogP contribution in [0.3, 0.4) is 0 Å². The summed E-state index contributed by atoms with van der Waals surface area (Å²) in [7, 11) is 0. The molecular formula is C15H20FNO2. The fraction of sp³-hybridized carbons (Fsp3) is 0.600. The summed E-state index contributed by atoms with van der Waals surface area (Å²) in [6.07, 6.45) is 5.11. The van der Waals surface area contributed by atoms with Gasteiger partial charge in [0.15, 0.2) is 11.6 Å². The third-order valence-electron chi connectivity index (χ3n) is 4.07. The zero-order valence-electron chi connectivity index (χ0n) is 10.9. The number of phenolic OH excluding ortho intramolecular Hbond substituents is 1. The summed E-state index contributed by atoms with van der Waals surface area (Å²) < 4.78 is 19.0. The number of nitrogens with one attached hydrogen (secondary N) is 1. The van der Waals surface area contributed by atoms with E-state index in [1.54, 1.807) is 6.07 Å². The van der Waals surface area contributed by atoms with Gasteiger partial charge in [-0.3, -0.25) is 0 Å². The highest BCUT2D eigenvalue weighted by Crippen LogP contribution is 2.38. The molecule has 19 heavy (non-hydrogen) atoms. The number of hydrogen-bond acceptors (Lipinski definition) is 3. The third kappa shape index (κ3) is 3.25. The number of ether oxygens (including phenoxy) is 1. The SMILES string of the molecule is Oc1ccc(CNC2CCOC(C3CC3)C2)cc1F. The Morgan fingerprint density at radius 3 is 2.89 bits per heavy atom. The molecule has 0 radical (unpaired) electrons. The molecular weight excluding hydrogens is 245 g/mol. The minimum absolute atomic E-state index is 0.288. The molecule has 2 N–H and O–H groups in total. The van der Waals surface area contributed by atoms with Crippen LogP contribution in [0.1, 0.15) is 31.2 Å². The van der Waals surface area contributed by atoms with Crippen LogP contribution in [0.4, 0.5) is 4.39 Å². The minimum atomic E-state index is -0.554. The van der Waals surface area contributed by atoms with Crippen molar-refractivity contribution in [1.82, 2.24) is 5.32 Å². The molecule has 0 bridgehead atoms. The number of phenols is 1. The topological polar surface area (TPSA) is 41.5 Å². The normalized spacial score (nSPS) is 27.4. The van der Waals surface area contributed by atoms with Gasteiger partial charge in [-0.15, -0.1) is 0 Å². The minimum Gasteiger partial charge on any atom is -0.505 e. The third-order valence-corrected chi connectivity index (χ3v) is 4.07. The van der Waals surface area contributed by atoms with Crippen LogP contribution in [-0.2, 0) is 11.3 Å². The van der Waals surface area contributed by atoms with Gasteiger partial charge < -0.3 is 15.2 Å². The fourth-order valence-electron chi connectivity index (χ4n) is 2.73. The smallest absolute Gasteiger partial charge is 0.165 e. The Balaban J connectivity index is 1.52. The lowest BCUT2D eigenvalue weighted by Gasteiger charge is -2.30. The summed E-state index contributed by atoms with van der Waals surface area (Å²) in [5, 5.41) is 12.6. The van der Waals surface area contributed by atoms with Gasteiger partial charge in [-0.1, -0.05) is 6.07 Å². The van der Waals surface area contributed by atoms with Crippen LogP contribution < -0.4 is 5.32 Å². The zero-order chi connectivity index (χ0) is 13.2. The highest BCUT2D eigenvalue weighted by Gasteiger charge is 2.35. The van der Waals surface area contributed by atoms with Gasteiger partial charge in [0.1, 0.15) is 0 Å². The van der Waals surface area contributed by atoms with E-state index in [1.165, 1.54) is 25.0 Å². The standard InChI is InChI=1S/C15H20FNO2/c16-13-7-10(1-4-14(13)18)9-17-12-5-6-19-15(8-12)11-2-3-11/h1,4,7,11-12,15,17-18H,2-3,5-6,8-9H2. The second-order valence-electron chi connectivity index (χ2n) is 5.63. The Kier molecular flexibility index (Phi) is 3.71. The molecule has 0 aromatic heterocycles. The van der Waals surface area contributed by atoms with Gasteiger partial charge in [0.2, 0.25) is 0 Å². The maximum absolute atomic E-state index is 13.2. The van der Waals surface area contributed by atoms with Crippen LogP contribution in [0.5, 0.6) is 5.75 Å². The van der Waals surface area contributed by atoms with Crippen molar-refractivity contribution in [2.45, 2.75) is 44.4 Å². The van der Waals surface area contributed by atoms with Crippen molar-refractivity contribution < 1.29 is 14.2 Å². The van der Waals surface area contributed by atoms with Gasteiger partial charge in [-0.2, -0.15) is 0 Å². The predicted octanol–water partition coefficient (Wildman–Crippen LogP) is 2.58. The lowest BCUT2D eigenvalue weighted by molar-refractivity contribution is -0.0113. The van der Waals surface area contributed by atoms with Crippen molar-refractivity contribution >= 4 is 0 Å². The van der Waals surface area contributed by atoms with Gasteiger partial charge in [-0.25, -0.2) is 4.39 Å². The van der Waals surface area contributed by atoms with Crippen molar-refractivity contribution in [3.63, 3.8) is 0 Å². The number of benzene rings is 1. The molecule has 2 unspecified atom stereocenters. The summed E-state index contributed by atoms with van der Waals surface area (Å²) in [6, 6.07) is 5.00. The number of aromatic hydroxyl groups is 1. The van der Waals surface area contributed by atoms with Crippen molar-refractivity contribution in [2.75, 3.05) is 6.61 Å². The van der Waals surface area contributed by atoms with E-state index >= 15 is 0 Å². The van der Waals surface area contributed by atoms with Gasteiger partial charge in [0.05, 0.1) is 6.10 Å². The summed E-state index contributed by atoms with van der Waals surface area (Å²) in [6.45, 7) is 1.46. The first-order valence-electron chi connectivity index (χ1n) is 7.05. The molecule has 4 heteroatoms. The molecule has 1 saturated carbocycles. The van der Waals surface area contributed by atoms with E-state index in [2.05, 4.69) is 5.32 Å². The van der Waals surface area contributed by atoms with E-state index in [-0.39, 0.29) is 5.75 Å². The van der Waals surface area contributed by atoms with Gasteiger partial charge in [-0.05, 0) is 49.3 Å². The first-order valence-corrected chi connectivity index (χ1v) is 7.05. The average molecular weight is 265 g/mol. The summed E-state index contributed by atoms with van der Waals surface area (Å²) in [4.78, 5) is 0. The van der Waals surface area contributed by atoms with Gasteiger partial charge >= 0.3 is 0 Å². The lowest BCUT2D eigenvalue weighted by Crippen LogP contribution is -2.39. The molecule has 1 aliphatic heterocycles. The average Bonchev–Trinajstić information content (AvgIpc) is 3.25. The summed E-state index contributed by atoms with van der Waals surface area (Å²) in [5.41, 5.74) is 0.866. The molecule has 0 amide bonds. The molecule has 1 aromatic carbocycles. The van der Waals surface area contributed by atoms with E-state index in [0.717, 1.165) is 30.9 Å². The molecule has 1 aromatic rings. The first-order chi connectivity index (χ1) is 9.22.